The van der Waals surface area contributed by atoms with Gasteiger partial charge in [0.2, 0.25) is 0 Å². The van der Waals surface area contributed by atoms with Crippen molar-refractivity contribution < 1.29 is 9.90 Å². The molecule has 2 aromatic carbocycles. The molecular weight excluding hydrogens is 292 g/mol. The number of phenols is 1. The van der Waals surface area contributed by atoms with E-state index in [1.54, 1.807) is 30.0 Å². The normalized spacial score (nSPS) is 10.5. The molecule has 0 spiro atoms. The van der Waals surface area contributed by atoms with Crippen molar-refractivity contribution in [3.05, 3.63) is 64.2 Å². The molecule has 0 atom stereocenters. The van der Waals surface area contributed by atoms with Gasteiger partial charge in [-0.1, -0.05) is 29.8 Å². The number of ketones is 1. The Bertz CT molecular complexity index is 626. The van der Waals surface area contributed by atoms with Crippen LogP contribution >= 0.6 is 23.4 Å². The van der Waals surface area contributed by atoms with Gasteiger partial charge in [0.05, 0.1) is 0 Å². The summed E-state index contributed by atoms with van der Waals surface area (Å²) < 4.78 is 0. The Balaban J connectivity index is 2.02. The number of thioether (sulfide) groups is 1. The van der Waals surface area contributed by atoms with Gasteiger partial charge in [-0.05, 0) is 36.8 Å². The topological polar surface area (TPSA) is 37.3 Å². The molecule has 0 radical (unpaired) electrons. The van der Waals surface area contributed by atoms with E-state index >= 15 is 0 Å². The number of carbonyl (C=O) groups excluding carboxylic acids is 1. The van der Waals surface area contributed by atoms with Gasteiger partial charge < -0.3 is 5.11 Å². The third-order valence-corrected chi connectivity index (χ3v) is 4.36. The summed E-state index contributed by atoms with van der Waals surface area (Å²) in [6.07, 6.45) is 0. The minimum atomic E-state index is 0.00218. The van der Waals surface area contributed by atoms with Gasteiger partial charge in [0.1, 0.15) is 5.75 Å². The molecule has 2 rings (SSSR count). The van der Waals surface area contributed by atoms with Crippen molar-refractivity contribution in [1.82, 2.24) is 0 Å². The average molecular weight is 307 g/mol. The number of benzene rings is 2. The van der Waals surface area contributed by atoms with Crippen LogP contribution in [0.2, 0.25) is 5.02 Å². The molecular formula is C16H15ClO2S. The molecule has 0 aliphatic carbocycles. The zero-order valence-corrected chi connectivity index (χ0v) is 12.7. The first-order valence-corrected chi connectivity index (χ1v) is 7.75. The van der Waals surface area contributed by atoms with Gasteiger partial charge in [-0.3, -0.25) is 4.79 Å². The number of hydrogen-bond acceptors (Lipinski definition) is 3. The number of hydrogen-bond donors (Lipinski definition) is 1. The van der Waals surface area contributed by atoms with Crippen LogP contribution in [0.3, 0.4) is 0 Å². The largest absolute Gasteiger partial charge is 0.508 e. The van der Waals surface area contributed by atoms with Crippen LogP contribution in [0.25, 0.3) is 0 Å². The van der Waals surface area contributed by atoms with E-state index in [9.17, 15) is 9.90 Å². The highest BCUT2D eigenvalue weighted by Crippen LogP contribution is 2.27. The molecule has 0 aliphatic heterocycles. The van der Waals surface area contributed by atoms with Gasteiger partial charge >= 0.3 is 0 Å². The van der Waals surface area contributed by atoms with Crippen molar-refractivity contribution in [2.75, 3.05) is 0 Å². The summed E-state index contributed by atoms with van der Waals surface area (Å²) >= 11 is 7.75. The van der Waals surface area contributed by atoms with Gasteiger partial charge in [0.15, 0.2) is 5.78 Å². The number of carbonyl (C=O) groups is 1. The summed E-state index contributed by atoms with van der Waals surface area (Å²) in [7, 11) is 0. The summed E-state index contributed by atoms with van der Waals surface area (Å²) in [5.74, 6) is 1.63. The maximum Gasteiger partial charge on any atom is 0.159 e. The molecule has 20 heavy (non-hydrogen) atoms. The molecule has 0 aliphatic rings. The molecule has 0 saturated carbocycles. The fourth-order valence-corrected chi connectivity index (χ4v) is 3.11. The first-order chi connectivity index (χ1) is 9.58. The molecule has 0 unspecified atom stereocenters. The molecule has 2 nitrogen and oxygen atoms in total. The van der Waals surface area contributed by atoms with E-state index in [-0.39, 0.29) is 11.5 Å². The summed E-state index contributed by atoms with van der Waals surface area (Å²) in [6, 6.07) is 12.7. The molecule has 2 aromatic rings. The predicted molar refractivity (Wildman–Crippen MR) is 84.6 cm³/mol. The van der Waals surface area contributed by atoms with Crippen LogP contribution in [0.4, 0.5) is 0 Å². The van der Waals surface area contributed by atoms with Crippen molar-refractivity contribution >= 4 is 29.1 Å². The van der Waals surface area contributed by atoms with Crippen LogP contribution in [0, 0.1) is 0 Å². The predicted octanol–water partition coefficient (Wildman–Crippen LogP) is 4.68. The quantitative estimate of drug-likeness (QED) is 0.815. The summed E-state index contributed by atoms with van der Waals surface area (Å²) in [5, 5.41) is 10.6. The van der Waals surface area contributed by atoms with E-state index in [1.807, 2.05) is 24.3 Å². The van der Waals surface area contributed by atoms with Crippen molar-refractivity contribution in [3.63, 3.8) is 0 Å². The molecule has 4 heteroatoms. The summed E-state index contributed by atoms with van der Waals surface area (Å²) in [4.78, 5) is 11.3. The average Bonchev–Trinajstić information content (AvgIpc) is 2.42. The standard InChI is InChI=1S/C16H15ClO2S/c1-11(18)12-6-7-16(19)14(8-12)10-20-9-13-4-2-3-5-15(13)17/h2-8,19H,9-10H2,1H3. The molecule has 104 valence electrons. The Morgan fingerprint density at radius 1 is 1.15 bits per heavy atom. The lowest BCUT2D eigenvalue weighted by molar-refractivity contribution is 0.101. The lowest BCUT2D eigenvalue weighted by Crippen LogP contribution is -1.94. The maximum atomic E-state index is 11.3. The van der Waals surface area contributed by atoms with E-state index in [0.717, 1.165) is 21.9 Å². The van der Waals surface area contributed by atoms with Crippen molar-refractivity contribution in [1.29, 1.82) is 0 Å². The lowest BCUT2D eigenvalue weighted by atomic mass is 10.1. The highest BCUT2D eigenvalue weighted by atomic mass is 35.5. The number of halogens is 1. The number of Topliss-reactive ketones (excluding diaryl/α,β-unsaturated/α-hetero) is 1. The second kappa shape index (κ2) is 6.82. The Hall–Kier alpha value is -1.45. The van der Waals surface area contributed by atoms with E-state index in [0.29, 0.717) is 11.3 Å². The zero-order valence-electron chi connectivity index (χ0n) is 11.1. The minimum Gasteiger partial charge on any atom is -0.508 e. The van der Waals surface area contributed by atoms with Gasteiger partial charge in [0.25, 0.3) is 0 Å². The van der Waals surface area contributed by atoms with Gasteiger partial charge in [-0.2, -0.15) is 11.8 Å². The third-order valence-electron chi connectivity index (χ3n) is 2.96. The SMILES string of the molecule is CC(=O)c1ccc(O)c(CSCc2ccccc2Cl)c1. The Labute approximate surface area is 127 Å². The number of rotatable bonds is 5. The van der Waals surface area contributed by atoms with E-state index in [1.165, 1.54) is 6.92 Å². The monoisotopic (exact) mass is 306 g/mol. The highest BCUT2D eigenvalue weighted by Gasteiger charge is 2.07. The molecule has 0 amide bonds. The van der Waals surface area contributed by atoms with Crippen LogP contribution in [-0.2, 0) is 11.5 Å². The van der Waals surface area contributed by atoms with Gasteiger partial charge in [-0.15, -0.1) is 0 Å². The minimum absolute atomic E-state index is 0.00218. The molecule has 0 fully saturated rings. The summed E-state index contributed by atoms with van der Waals surface area (Å²) in [6.45, 7) is 1.52. The van der Waals surface area contributed by atoms with E-state index in [2.05, 4.69) is 0 Å². The molecule has 1 N–H and O–H groups in total. The van der Waals surface area contributed by atoms with Crippen molar-refractivity contribution in [3.8, 4) is 5.75 Å². The van der Waals surface area contributed by atoms with Gasteiger partial charge in [0, 0.05) is 27.7 Å². The number of phenolic OH excluding ortho intramolecular Hbond substituents is 1. The Morgan fingerprint density at radius 3 is 2.55 bits per heavy atom. The lowest BCUT2D eigenvalue weighted by Gasteiger charge is -2.07. The van der Waals surface area contributed by atoms with Gasteiger partial charge in [-0.25, -0.2) is 0 Å². The van der Waals surface area contributed by atoms with Crippen molar-refractivity contribution in [2.24, 2.45) is 0 Å². The zero-order chi connectivity index (χ0) is 14.5. The molecule has 0 bridgehead atoms. The van der Waals surface area contributed by atoms with E-state index in [4.69, 9.17) is 11.6 Å². The van der Waals surface area contributed by atoms with Crippen LogP contribution < -0.4 is 0 Å². The highest BCUT2D eigenvalue weighted by molar-refractivity contribution is 7.97. The molecule has 0 saturated heterocycles. The van der Waals surface area contributed by atoms with Crippen LogP contribution in [-0.4, -0.2) is 10.9 Å². The summed E-state index contributed by atoms with van der Waals surface area (Å²) in [5.41, 5.74) is 2.47. The molecule has 0 heterocycles. The first kappa shape index (κ1) is 14.9. The Morgan fingerprint density at radius 2 is 1.85 bits per heavy atom. The van der Waals surface area contributed by atoms with Crippen LogP contribution in [0.1, 0.15) is 28.4 Å². The molecule has 0 aromatic heterocycles. The number of aromatic hydroxyl groups is 1. The van der Waals surface area contributed by atoms with Crippen LogP contribution in [0.5, 0.6) is 5.75 Å². The second-order valence-electron chi connectivity index (χ2n) is 4.48. The fourth-order valence-electron chi connectivity index (χ4n) is 1.81. The van der Waals surface area contributed by atoms with Crippen molar-refractivity contribution in [2.45, 2.75) is 18.4 Å². The maximum absolute atomic E-state index is 11.3. The smallest absolute Gasteiger partial charge is 0.159 e. The second-order valence-corrected chi connectivity index (χ2v) is 5.88. The van der Waals surface area contributed by atoms with Crippen LogP contribution in [0.15, 0.2) is 42.5 Å². The Kier molecular flexibility index (Phi) is 5.10. The fraction of sp³-hybridized carbons (Fsp3) is 0.188. The van der Waals surface area contributed by atoms with E-state index < -0.39 is 0 Å². The third kappa shape index (κ3) is 3.78. The first-order valence-electron chi connectivity index (χ1n) is 6.22.